The Morgan fingerprint density at radius 3 is 2.19 bits per heavy atom. The van der Waals surface area contributed by atoms with Crippen molar-refractivity contribution in [1.82, 2.24) is 0 Å². The van der Waals surface area contributed by atoms with Crippen LogP contribution in [0.3, 0.4) is 0 Å². The van der Waals surface area contributed by atoms with Crippen LogP contribution in [0.25, 0.3) is 0 Å². The maximum Gasteiger partial charge on any atom is 0.303 e. The molecule has 0 amide bonds. The molecule has 0 aromatic carbocycles. The van der Waals surface area contributed by atoms with Gasteiger partial charge in [0.05, 0.1) is 6.61 Å². The molecule has 3 atom stereocenters. The lowest BCUT2D eigenvalue weighted by molar-refractivity contribution is -0.177. The second-order valence-electron chi connectivity index (χ2n) is 7.90. The van der Waals surface area contributed by atoms with Gasteiger partial charge in [0, 0.05) is 21.1 Å². The second-order valence-corrected chi connectivity index (χ2v) is 12.7. The first kappa shape index (κ1) is 23.3. The first-order chi connectivity index (χ1) is 12.0. The van der Waals surface area contributed by atoms with Gasteiger partial charge in [0.1, 0.15) is 25.8 Å². The van der Waals surface area contributed by atoms with Gasteiger partial charge in [0.2, 0.25) is 0 Å². The molecule has 0 saturated carbocycles. The predicted molar refractivity (Wildman–Crippen MR) is 100 cm³/mol. The van der Waals surface area contributed by atoms with E-state index in [9.17, 15) is 4.79 Å². The highest BCUT2D eigenvalue weighted by molar-refractivity contribution is 6.74. The Labute approximate surface area is 158 Å². The summed E-state index contributed by atoms with van der Waals surface area (Å²) in [5.41, 5.74) is 0.840. The van der Waals surface area contributed by atoms with Crippen LogP contribution in [-0.4, -0.2) is 67.0 Å². The molecule has 0 spiro atoms. The maximum atomic E-state index is 11.6. The highest BCUT2D eigenvalue weighted by Crippen LogP contribution is 2.38. The molecular weight excluding hydrogens is 356 g/mol. The highest BCUT2D eigenvalue weighted by Gasteiger charge is 2.43. The summed E-state index contributed by atoms with van der Waals surface area (Å²) >= 11 is 0. The Morgan fingerprint density at radius 2 is 1.69 bits per heavy atom. The fraction of sp³-hybridized carbons (Fsp3) is 0.833. The molecule has 0 aliphatic heterocycles. The van der Waals surface area contributed by atoms with Crippen molar-refractivity contribution in [3.05, 3.63) is 11.6 Å². The van der Waals surface area contributed by atoms with E-state index in [0.717, 1.165) is 5.57 Å². The average molecular weight is 391 g/mol. The SMILES string of the molecule is COCO[C@@H]1[C@@H](OCOC)C=C(CO[Si](C)(C)C(C)(C)C)[C@@H]1OC(C)=O. The number of methoxy groups -OCH3 is 2. The van der Waals surface area contributed by atoms with Gasteiger partial charge in [-0.25, -0.2) is 0 Å². The Morgan fingerprint density at radius 1 is 1.12 bits per heavy atom. The van der Waals surface area contributed by atoms with Crippen LogP contribution in [0, 0.1) is 0 Å². The topological polar surface area (TPSA) is 72.5 Å². The van der Waals surface area contributed by atoms with Crippen molar-refractivity contribution in [2.24, 2.45) is 0 Å². The van der Waals surface area contributed by atoms with Gasteiger partial charge in [-0.1, -0.05) is 20.8 Å². The summed E-state index contributed by atoms with van der Waals surface area (Å²) in [5.74, 6) is -0.383. The fourth-order valence-corrected chi connectivity index (χ4v) is 3.29. The standard InChI is InChI=1S/C18H34O7Si/c1-13(19)25-16-14(10-24-26(7,8)18(2,3)4)9-15(22-11-20-5)17(16)23-12-21-6/h9,15-17H,10-12H2,1-8H3/t15-,16-,17+/m0/s1. The zero-order chi connectivity index (χ0) is 20.0. The lowest BCUT2D eigenvalue weighted by Crippen LogP contribution is -2.43. The van der Waals surface area contributed by atoms with Gasteiger partial charge in [0.25, 0.3) is 0 Å². The summed E-state index contributed by atoms with van der Waals surface area (Å²) in [6, 6.07) is 0. The monoisotopic (exact) mass is 390 g/mol. The number of rotatable bonds is 10. The fourth-order valence-electron chi connectivity index (χ4n) is 2.33. The first-order valence-corrected chi connectivity index (χ1v) is 11.7. The molecule has 0 saturated heterocycles. The third-order valence-electron chi connectivity index (χ3n) is 4.82. The van der Waals surface area contributed by atoms with Gasteiger partial charge in [-0.2, -0.15) is 0 Å². The zero-order valence-electron chi connectivity index (χ0n) is 17.3. The second kappa shape index (κ2) is 9.96. The normalized spacial score (nSPS) is 23.8. The molecule has 152 valence electrons. The van der Waals surface area contributed by atoms with E-state index in [1.165, 1.54) is 14.0 Å². The largest absolute Gasteiger partial charge is 0.455 e. The lowest BCUT2D eigenvalue weighted by atomic mass is 10.1. The summed E-state index contributed by atoms with van der Waals surface area (Å²) in [6.07, 6.45) is 0.411. The predicted octanol–water partition coefficient (Wildman–Crippen LogP) is 2.86. The first-order valence-electron chi connectivity index (χ1n) is 8.76. The van der Waals surface area contributed by atoms with Crippen LogP contribution in [0.2, 0.25) is 18.1 Å². The minimum Gasteiger partial charge on any atom is -0.455 e. The van der Waals surface area contributed by atoms with Gasteiger partial charge in [-0.3, -0.25) is 4.79 Å². The van der Waals surface area contributed by atoms with E-state index in [0.29, 0.717) is 6.61 Å². The van der Waals surface area contributed by atoms with Crippen LogP contribution >= 0.6 is 0 Å². The van der Waals surface area contributed by atoms with Gasteiger partial charge in [-0.05, 0) is 29.8 Å². The van der Waals surface area contributed by atoms with Crippen molar-refractivity contribution < 1.29 is 32.9 Å². The third kappa shape index (κ3) is 6.44. The molecule has 26 heavy (non-hydrogen) atoms. The molecule has 0 aromatic heterocycles. The molecule has 0 unspecified atom stereocenters. The highest BCUT2D eigenvalue weighted by atomic mass is 28.4. The maximum absolute atomic E-state index is 11.6. The summed E-state index contributed by atoms with van der Waals surface area (Å²) in [6.45, 7) is 12.8. The minimum absolute atomic E-state index is 0.0689. The van der Waals surface area contributed by atoms with E-state index in [-0.39, 0.29) is 24.6 Å². The van der Waals surface area contributed by atoms with Gasteiger partial charge >= 0.3 is 5.97 Å². The molecule has 0 radical (unpaired) electrons. The summed E-state index contributed by atoms with van der Waals surface area (Å²) in [7, 11) is 1.14. The van der Waals surface area contributed by atoms with Crippen molar-refractivity contribution in [2.45, 2.75) is 64.1 Å². The van der Waals surface area contributed by atoms with Crippen LogP contribution in [0.1, 0.15) is 27.7 Å². The molecule has 8 heteroatoms. The van der Waals surface area contributed by atoms with Crippen LogP contribution < -0.4 is 0 Å². The zero-order valence-corrected chi connectivity index (χ0v) is 18.3. The van der Waals surface area contributed by atoms with Crippen molar-refractivity contribution in [3.63, 3.8) is 0 Å². The van der Waals surface area contributed by atoms with Crippen molar-refractivity contribution in [1.29, 1.82) is 0 Å². The van der Waals surface area contributed by atoms with Crippen LogP contribution in [-0.2, 0) is 32.9 Å². The van der Waals surface area contributed by atoms with Gasteiger partial charge in [-0.15, -0.1) is 0 Å². The van der Waals surface area contributed by atoms with E-state index in [1.807, 2.05) is 6.08 Å². The summed E-state index contributed by atoms with van der Waals surface area (Å²) in [4.78, 5) is 11.6. The van der Waals surface area contributed by atoms with Crippen molar-refractivity contribution in [3.8, 4) is 0 Å². The van der Waals surface area contributed by atoms with Gasteiger partial charge in [0.15, 0.2) is 14.4 Å². The Hall–Kier alpha value is -0.773. The average Bonchev–Trinajstić information content (AvgIpc) is 2.84. The quantitative estimate of drug-likeness (QED) is 0.246. The number of carbonyl (C=O) groups excluding carboxylic acids is 1. The van der Waals surface area contributed by atoms with Crippen LogP contribution in [0.15, 0.2) is 11.6 Å². The van der Waals surface area contributed by atoms with Crippen LogP contribution in [0.5, 0.6) is 0 Å². The molecule has 1 rings (SSSR count). The molecule has 0 heterocycles. The molecule has 1 aliphatic carbocycles. The van der Waals surface area contributed by atoms with Crippen molar-refractivity contribution in [2.75, 3.05) is 34.4 Å². The molecule has 0 aromatic rings. The summed E-state index contributed by atoms with van der Waals surface area (Å²) < 4.78 is 33.2. The van der Waals surface area contributed by atoms with Crippen molar-refractivity contribution >= 4 is 14.3 Å². The molecule has 1 aliphatic rings. The van der Waals surface area contributed by atoms with E-state index in [4.69, 9.17) is 28.1 Å². The van der Waals surface area contributed by atoms with Crippen LogP contribution in [0.4, 0.5) is 0 Å². The number of hydrogen-bond donors (Lipinski definition) is 0. The van der Waals surface area contributed by atoms with E-state index in [2.05, 4.69) is 33.9 Å². The smallest absolute Gasteiger partial charge is 0.303 e. The molecule has 7 nitrogen and oxygen atoms in total. The molecule has 0 N–H and O–H groups in total. The molecule has 0 bridgehead atoms. The number of ether oxygens (including phenoxy) is 5. The minimum atomic E-state index is -1.95. The Kier molecular flexibility index (Phi) is 8.91. The van der Waals surface area contributed by atoms with E-state index >= 15 is 0 Å². The lowest BCUT2D eigenvalue weighted by Gasteiger charge is -2.36. The Bertz CT molecular complexity index is 484. The van der Waals surface area contributed by atoms with E-state index in [1.54, 1.807) is 7.11 Å². The number of esters is 1. The molecular formula is C18H34O7Si. The summed E-state index contributed by atoms with van der Waals surface area (Å²) in [5, 5.41) is 0.0843. The molecule has 0 fully saturated rings. The van der Waals surface area contributed by atoms with Gasteiger partial charge < -0.3 is 28.1 Å². The number of hydrogen-bond acceptors (Lipinski definition) is 7. The third-order valence-corrected chi connectivity index (χ3v) is 9.30. The van der Waals surface area contributed by atoms with E-state index < -0.39 is 26.6 Å². The number of carbonyl (C=O) groups is 1. The Balaban J connectivity index is 2.96.